The molecule has 1 aromatic carbocycles. The van der Waals surface area contributed by atoms with Crippen LogP contribution in [0.5, 0.6) is 0 Å². The smallest absolute Gasteiger partial charge is 0.371 e. The van der Waals surface area contributed by atoms with Crippen LogP contribution >= 0.6 is 0 Å². The zero-order valence-corrected chi connectivity index (χ0v) is 10.9. The lowest BCUT2D eigenvalue weighted by Gasteiger charge is -2.29. The molecule has 20 heavy (non-hydrogen) atoms. The molecule has 0 radical (unpaired) electrons. The standard InChI is InChI=1S/C14H17F3O3/c15-14(16,17)10-20-13-7-6-12(9-19-13)18-8-11-4-2-1-3-5-11/h1-5,12-13H,6-10H2/t12-,13-/m1/s1. The van der Waals surface area contributed by atoms with Gasteiger partial charge in [0.05, 0.1) is 19.3 Å². The van der Waals surface area contributed by atoms with Crippen LogP contribution in [0.1, 0.15) is 18.4 Å². The molecule has 0 N–H and O–H groups in total. The summed E-state index contributed by atoms with van der Waals surface area (Å²) >= 11 is 0. The van der Waals surface area contributed by atoms with E-state index in [1.165, 1.54) is 0 Å². The van der Waals surface area contributed by atoms with Crippen molar-refractivity contribution in [3.63, 3.8) is 0 Å². The summed E-state index contributed by atoms with van der Waals surface area (Å²) in [5.74, 6) is 0. The second-order valence-corrected chi connectivity index (χ2v) is 4.69. The SMILES string of the molecule is FC(F)(F)CO[C@@H]1CC[C@@H](OCc2ccccc2)CO1. The number of rotatable bonds is 5. The summed E-state index contributed by atoms with van der Waals surface area (Å²) in [5.41, 5.74) is 1.06. The highest BCUT2D eigenvalue weighted by atomic mass is 19.4. The number of hydrogen-bond donors (Lipinski definition) is 0. The van der Waals surface area contributed by atoms with Crippen LogP contribution in [0.25, 0.3) is 0 Å². The second kappa shape index (κ2) is 7.06. The maximum absolute atomic E-state index is 12.0. The summed E-state index contributed by atoms with van der Waals surface area (Å²) in [5, 5.41) is 0. The van der Waals surface area contributed by atoms with Crippen molar-refractivity contribution >= 4 is 0 Å². The Bertz CT molecular complexity index is 386. The second-order valence-electron chi connectivity index (χ2n) is 4.69. The highest BCUT2D eigenvalue weighted by Gasteiger charge is 2.31. The first-order valence-corrected chi connectivity index (χ1v) is 6.48. The third kappa shape index (κ3) is 5.48. The molecule has 1 aliphatic rings. The van der Waals surface area contributed by atoms with Gasteiger partial charge in [0.25, 0.3) is 0 Å². The van der Waals surface area contributed by atoms with E-state index in [1.807, 2.05) is 30.3 Å². The lowest BCUT2D eigenvalue weighted by atomic mass is 10.1. The lowest BCUT2D eigenvalue weighted by Crippen LogP contribution is -2.34. The average molecular weight is 290 g/mol. The number of ether oxygens (including phenoxy) is 3. The maximum atomic E-state index is 12.0. The molecule has 0 saturated carbocycles. The highest BCUT2D eigenvalue weighted by Crippen LogP contribution is 2.21. The molecule has 0 unspecified atom stereocenters. The van der Waals surface area contributed by atoms with Gasteiger partial charge in [0.15, 0.2) is 6.29 Å². The van der Waals surface area contributed by atoms with Gasteiger partial charge >= 0.3 is 6.18 Å². The monoisotopic (exact) mass is 290 g/mol. The normalized spacial score (nSPS) is 23.8. The van der Waals surface area contributed by atoms with Crippen molar-refractivity contribution in [1.29, 1.82) is 0 Å². The molecule has 3 nitrogen and oxygen atoms in total. The van der Waals surface area contributed by atoms with E-state index in [1.54, 1.807) is 0 Å². The minimum atomic E-state index is -4.32. The third-order valence-electron chi connectivity index (χ3n) is 2.95. The fourth-order valence-electron chi connectivity index (χ4n) is 1.94. The first kappa shape index (κ1) is 15.3. The Morgan fingerprint density at radius 2 is 1.85 bits per heavy atom. The van der Waals surface area contributed by atoms with Crippen molar-refractivity contribution in [2.24, 2.45) is 0 Å². The van der Waals surface area contributed by atoms with Crippen LogP contribution in [0.2, 0.25) is 0 Å². The van der Waals surface area contributed by atoms with Crippen LogP contribution in [0.15, 0.2) is 30.3 Å². The summed E-state index contributed by atoms with van der Waals surface area (Å²) in [6.07, 6.45) is -4.15. The molecule has 1 fully saturated rings. The van der Waals surface area contributed by atoms with E-state index in [2.05, 4.69) is 4.74 Å². The summed E-state index contributed by atoms with van der Waals surface area (Å²) < 4.78 is 51.5. The minimum Gasteiger partial charge on any atom is -0.371 e. The molecule has 0 bridgehead atoms. The van der Waals surface area contributed by atoms with Crippen LogP contribution in [0.4, 0.5) is 13.2 Å². The molecule has 0 aliphatic carbocycles. The van der Waals surface area contributed by atoms with Crippen LogP contribution < -0.4 is 0 Å². The van der Waals surface area contributed by atoms with Crippen molar-refractivity contribution in [3.05, 3.63) is 35.9 Å². The first-order chi connectivity index (χ1) is 9.53. The molecule has 2 rings (SSSR count). The van der Waals surface area contributed by atoms with Gasteiger partial charge in [-0.1, -0.05) is 30.3 Å². The van der Waals surface area contributed by atoms with Crippen LogP contribution in [-0.2, 0) is 20.8 Å². The Hall–Kier alpha value is -1.11. The van der Waals surface area contributed by atoms with Gasteiger partial charge in [-0.3, -0.25) is 0 Å². The average Bonchev–Trinajstić information content (AvgIpc) is 2.44. The Morgan fingerprint density at radius 1 is 1.10 bits per heavy atom. The molecule has 1 aliphatic heterocycles. The van der Waals surface area contributed by atoms with Crippen LogP contribution in [0.3, 0.4) is 0 Å². The van der Waals surface area contributed by atoms with Crippen LogP contribution in [-0.4, -0.2) is 31.8 Å². The molecule has 1 saturated heterocycles. The van der Waals surface area contributed by atoms with E-state index in [-0.39, 0.29) is 12.7 Å². The Balaban J connectivity index is 1.64. The van der Waals surface area contributed by atoms with Crippen LogP contribution in [0, 0.1) is 0 Å². The van der Waals surface area contributed by atoms with Crippen molar-refractivity contribution in [1.82, 2.24) is 0 Å². The Labute approximate surface area is 115 Å². The van der Waals surface area contributed by atoms with Gasteiger partial charge < -0.3 is 14.2 Å². The lowest BCUT2D eigenvalue weighted by molar-refractivity contribution is -0.248. The fourth-order valence-corrected chi connectivity index (χ4v) is 1.94. The molecule has 2 atom stereocenters. The molecule has 6 heteroatoms. The highest BCUT2D eigenvalue weighted by molar-refractivity contribution is 5.13. The molecule has 0 aromatic heterocycles. The minimum absolute atomic E-state index is 0.0963. The number of halogens is 3. The predicted molar refractivity (Wildman–Crippen MR) is 66.0 cm³/mol. The van der Waals surface area contributed by atoms with E-state index < -0.39 is 19.1 Å². The van der Waals surface area contributed by atoms with Gasteiger partial charge in [0.1, 0.15) is 6.61 Å². The topological polar surface area (TPSA) is 27.7 Å². The van der Waals surface area contributed by atoms with E-state index >= 15 is 0 Å². The molecule has 1 aromatic rings. The Morgan fingerprint density at radius 3 is 2.45 bits per heavy atom. The Kier molecular flexibility index (Phi) is 5.39. The fraction of sp³-hybridized carbons (Fsp3) is 0.571. The number of alkyl halides is 3. The van der Waals surface area contributed by atoms with E-state index in [4.69, 9.17) is 9.47 Å². The van der Waals surface area contributed by atoms with E-state index in [0.29, 0.717) is 19.4 Å². The number of benzene rings is 1. The molecular weight excluding hydrogens is 273 g/mol. The van der Waals surface area contributed by atoms with Gasteiger partial charge in [0, 0.05) is 6.42 Å². The van der Waals surface area contributed by atoms with Crippen molar-refractivity contribution < 1.29 is 27.4 Å². The van der Waals surface area contributed by atoms with Gasteiger partial charge in [-0.2, -0.15) is 13.2 Å². The molecule has 0 spiro atoms. The number of hydrogen-bond acceptors (Lipinski definition) is 3. The molecule has 0 amide bonds. The summed E-state index contributed by atoms with van der Waals surface area (Å²) in [6, 6.07) is 9.70. The van der Waals surface area contributed by atoms with Gasteiger partial charge in [-0.15, -0.1) is 0 Å². The first-order valence-electron chi connectivity index (χ1n) is 6.48. The zero-order chi connectivity index (χ0) is 14.4. The quantitative estimate of drug-likeness (QED) is 0.833. The van der Waals surface area contributed by atoms with Crippen molar-refractivity contribution in [2.45, 2.75) is 38.0 Å². The summed E-state index contributed by atoms with van der Waals surface area (Å²) in [4.78, 5) is 0. The molecule has 112 valence electrons. The zero-order valence-electron chi connectivity index (χ0n) is 10.9. The summed E-state index contributed by atoms with van der Waals surface area (Å²) in [6.45, 7) is -0.536. The van der Waals surface area contributed by atoms with E-state index in [0.717, 1.165) is 5.56 Å². The maximum Gasteiger partial charge on any atom is 0.411 e. The summed E-state index contributed by atoms with van der Waals surface area (Å²) in [7, 11) is 0. The third-order valence-corrected chi connectivity index (χ3v) is 2.95. The largest absolute Gasteiger partial charge is 0.411 e. The molecular formula is C14H17F3O3. The molecule has 1 heterocycles. The van der Waals surface area contributed by atoms with E-state index in [9.17, 15) is 13.2 Å². The van der Waals surface area contributed by atoms with Gasteiger partial charge in [0.2, 0.25) is 0 Å². The van der Waals surface area contributed by atoms with Crippen molar-refractivity contribution in [3.8, 4) is 0 Å². The van der Waals surface area contributed by atoms with Crippen molar-refractivity contribution in [2.75, 3.05) is 13.2 Å². The van der Waals surface area contributed by atoms with Gasteiger partial charge in [-0.25, -0.2) is 0 Å². The van der Waals surface area contributed by atoms with Gasteiger partial charge in [-0.05, 0) is 12.0 Å². The predicted octanol–water partition coefficient (Wildman–Crippen LogP) is 3.29.